The van der Waals surface area contributed by atoms with E-state index < -0.39 is 5.82 Å². The van der Waals surface area contributed by atoms with Gasteiger partial charge in [0.2, 0.25) is 0 Å². The van der Waals surface area contributed by atoms with E-state index in [0.717, 1.165) is 37.1 Å². The molecule has 1 aliphatic heterocycles. The number of likely N-dealkylation sites (tertiary alicyclic amines) is 1. The van der Waals surface area contributed by atoms with Gasteiger partial charge in [0.1, 0.15) is 11.6 Å². The molecule has 4 heterocycles. The minimum Gasteiger partial charge on any atom is -0.336 e. The van der Waals surface area contributed by atoms with Crippen LogP contribution in [0.15, 0.2) is 55.0 Å². The van der Waals surface area contributed by atoms with Crippen molar-refractivity contribution in [3.63, 3.8) is 0 Å². The normalized spacial score (nSPS) is 13.7. The number of hydrogen-bond acceptors (Lipinski definition) is 4. The van der Waals surface area contributed by atoms with Crippen LogP contribution >= 0.6 is 0 Å². The van der Waals surface area contributed by atoms with Crippen molar-refractivity contribution in [2.75, 3.05) is 18.4 Å². The lowest BCUT2D eigenvalue weighted by Gasteiger charge is -2.16. The Balaban J connectivity index is 1.46. The van der Waals surface area contributed by atoms with Crippen LogP contribution in [0.2, 0.25) is 0 Å². The maximum absolute atomic E-state index is 14.6. The molecule has 1 aromatic carbocycles. The van der Waals surface area contributed by atoms with Crippen LogP contribution in [0.5, 0.6) is 0 Å². The summed E-state index contributed by atoms with van der Waals surface area (Å²) < 4.78 is 14.6. The third kappa shape index (κ3) is 3.47. The molecule has 4 aromatic rings. The molecule has 0 bridgehead atoms. The van der Waals surface area contributed by atoms with Gasteiger partial charge in [0, 0.05) is 42.9 Å². The highest BCUT2D eigenvalue weighted by atomic mass is 19.1. The first-order valence-electron chi connectivity index (χ1n) is 9.79. The molecule has 0 aliphatic carbocycles. The number of urea groups is 1. The maximum Gasteiger partial charge on any atom is 0.321 e. The zero-order valence-electron chi connectivity index (χ0n) is 16.1. The van der Waals surface area contributed by atoms with E-state index in [0.29, 0.717) is 22.7 Å². The number of carbonyl (C=O) groups is 1. The summed E-state index contributed by atoms with van der Waals surface area (Å²) in [6.07, 6.45) is 7.18. The van der Waals surface area contributed by atoms with Crippen LogP contribution in [-0.4, -0.2) is 44.0 Å². The lowest BCUT2D eigenvalue weighted by Crippen LogP contribution is -2.32. The summed E-state index contributed by atoms with van der Waals surface area (Å²) in [7, 11) is 0. The second-order valence-corrected chi connectivity index (χ2v) is 7.24. The van der Waals surface area contributed by atoms with E-state index in [9.17, 15) is 9.18 Å². The number of halogens is 1. The van der Waals surface area contributed by atoms with Gasteiger partial charge in [0.25, 0.3) is 0 Å². The van der Waals surface area contributed by atoms with Crippen molar-refractivity contribution in [3.8, 4) is 22.5 Å². The molecule has 2 N–H and O–H groups in total. The van der Waals surface area contributed by atoms with E-state index >= 15 is 0 Å². The fourth-order valence-electron chi connectivity index (χ4n) is 3.64. The fourth-order valence-corrected chi connectivity index (χ4v) is 3.64. The predicted octanol–water partition coefficient (Wildman–Crippen LogP) is 4.45. The standard InChI is InChI=1S/C22H19FN6O/c23-18-4-3-16(26-22(30)29-9-1-2-10-29)12-17(18)20-27-19-11-15(13-25-21(19)28-20)14-5-7-24-8-6-14/h3-8,11-13H,1-2,9-10H2,(H,26,30)(H,25,27,28). The molecule has 1 aliphatic rings. The summed E-state index contributed by atoms with van der Waals surface area (Å²) in [5, 5.41) is 2.84. The van der Waals surface area contributed by atoms with Crippen LogP contribution in [-0.2, 0) is 0 Å². The van der Waals surface area contributed by atoms with E-state index in [1.165, 1.54) is 6.07 Å². The van der Waals surface area contributed by atoms with Crippen LogP contribution in [0.4, 0.5) is 14.9 Å². The molecule has 0 unspecified atom stereocenters. The first-order chi connectivity index (χ1) is 14.7. The number of pyridine rings is 2. The van der Waals surface area contributed by atoms with Crippen LogP contribution < -0.4 is 5.32 Å². The number of benzene rings is 1. The number of H-pyrrole nitrogens is 1. The molecular weight excluding hydrogens is 383 g/mol. The van der Waals surface area contributed by atoms with Crippen LogP contribution in [0.25, 0.3) is 33.7 Å². The van der Waals surface area contributed by atoms with Crippen molar-refractivity contribution in [3.05, 3.63) is 60.8 Å². The number of fused-ring (bicyclic) bond motifs is 1. The summed E-state index contributed by atoms with van der Waals surface area (Å²) in [4.78, 5) is 30.1. The van der Waals surface area contributed by atoms with Crippen molar-refractivity contribution < 1.29 is 9.18 Å². The van der Waals surface area contributed by atoms with Gasteiger partial charge in [-0.25, -0.2) is 19.2 Å². The van der Waals surface area contributed by atoms with Gasteiger partial charge in [0.15, 0.2) is 5.65 Å². The lowest BCUT2D eigenvalue weighted by molar-refractivity contribution is 0.222. The fraction of sp³-hybridized carbons (Fsp3) is 0.182. The second-order valence-electron chi connectivity index (χ2n) is 7.24. The molecular formula is C22H19FN6O. The highest BCUT2D eigenvalue weighted by Gasteiger charge is 2.19. The van der Waals surface area contributed by atoms with E-state index in [-0.39, 0.29) is 11.6 Å². The number of hydrogen-bond donors (Lipinski definition) is 2. The monoisotopic (exact) mass is 402 g/mol. The molecule has 7 nitrogen and oxygen atoms in total. The SMILES string of the molecule is O=C(Nc1ccc(F)c(-c2nc3ncc(-c4ccncc4)cc3[nH]2)c1)N1CCCC1. The van der Waals surface area contributed by atoms with Gasteiger partial charge in [-0.15, -0.1) is 0 Å². The minimum absolute atomic E-state index is 0.168. The number of nitrogens with zero attached hydrogens (tertiary/aromatic N) is 4. The Hall–Kier alpha value is -3.81. The number of carbonyl (C=O) groups excluding carboxylic acids is 1. The molecule has 8 heteroatoms. The van der Waals surface area contributed by atoms with Crippen molar-refractivity contribution in [2.24, 2.45) is 0 Å². The van der Waals surface area contributed by atoms with Crippen LogP contribution in [0.1, 0.15) is 12.8 Å². The Bertz CT molecular complexity index is 1220. The first kappa shape index (κ1) is 18.2. The Kier molecular flexibility index (Phi) is 4.59. The van der Waals surface area contributed by atoms with Gasteiger partial charge >= 0.3 is 6.03 Å². The summed E-state index contributed by atoms with van der Waals surface area (Å²) in [6, 6.07) is 10.0. The van der Waals surface area contributed by atoms with E-state index in [1.807, 2.05) is 18.2 Å². The van der Waals surface area contributed by atoms with Gasteiger partial charge < -0.3 is 15.2 Å². The van der Waals surface area contributed by atoms with E-state index in [4.69, 9.17) is 0 Å². The Morgan fingerprint density at radius 1 is 1.07 bits per heavy atom. The number of amides is 2. The molecule has 2 amide bonds. The highest BCUT2D eigenvalue weighted by molar-refractivity contribution is 5.90. The molecule has 0 radical (unpaired) electrons. The molecule has 1 saturated heterocycles. The molecule has 1 fully saturated rings. The van der Waals surface area contributed by atoms with Gasteiger partial charge in [-0.05, 0) is 54.8 Å². The topological polar surface area (TPSA) is 86.8 Å². The third-order valence-electron chi connectivity index (χ3n) is 5.22. The van der Waals surface area contributed by atoms with Crippen molar-refractivity contribution >= 4 is 22.9 Å². The van der Waals surface area contributed by atoms with Gasteiger partial charge in [-0.2, -0.15) is 0 Å². The van der Waals surface area contributed by atoms with E-state index in [2.05, 4.69) is 25.3 Å². The largest absolute Gasteiger partial charge is 0.336 e. The molecule has 5 rings (SSSR count). The van der Waals surface area contributed by atoms with Gasteiger partial charge in [-0.3, -0.25) is 4.98 Å². The van der Waals surface area contributed by atoms with E-state index in [1.54, 1.807) is 35.6 Å². The number of nitrogens with one attached hydrogen (secondary N) is 2. The smallest absolute Gasteiger partial charge is 0.321 e. The average Bonchev–Trinajstić information content (AvgIpc) is 3.45. The second kappa shape index (κ2) is 7.55. The molecule has 3 aromatic heterocycles. The zero-order valence-corrected chi connectivity index (χ0v) is 16.1. The van der Waals surface area contributed by atoms with Crippen LogP contribution in [0, 0.1) is 5.82 Å². The Morgan fingerprint density at radius 3 is 2.67 bits per heavy atom. The maximum atomic E-state index is 14.6. The number of anilines is 1. The number of rotatable bonds is 3. The summed E-state index contributed by atoms with van der Waals surface area (Å²) in [5.41, 5.74) is 3.88. The van der Waals surface area contributed by atoms with Crippen molar-refractivity contribution in [2.45, 2.75) is 12.8 Å². The third-order valence-corrected chi connectivity index (χ3v) is 5.22. The summed E-state index contributed by atoms with van der Waals surface area (Å²) in [5.74, 6) is -0.0678. The number of aromatic nitrogens is 4. The number of aromatic amines is 1. The quantitative estimate of drug-likeness (QED) is 0.530. The summed E-state index contributed by atoms with van der Waals surface area (Å²) in [6.45, 7) is 1.49. The predicted molar refractivity (Wildman–Crippen MR) is 112 cm³/mol. The molecule has 30 heavy (non-hydrogen) atoms. The van der Waals surface area contributed by atoms with Crippen molar-refractivity contribution in [1.82, 2.24) is 24.8 Å². The highest BCUT2D eigenvalue weighted by Crippen LogP contribution is 2.28. The zero-order chi connectivity index (χ0) is 20.5. The first-order valence-corrected chi connectivity index (χ1v) is 9.79. The Labute approximate surface area is 172 Å². The minimum atomic E-state index is -0.428. The van der Waals surface area contributed by atoms with Crippen molar-refractivity contribution in [1.29, 1.82) is 0 Å². The number of imidazole rings is 1. The molecule has 150 valence electrons. The van der Waals surface area contributed by atoms with Gasteiger partial charge in [0.05, 0.1) is 11.1 Å². The lowest BCUT2D eigenvalue weighted by atomic mass is 10.1. The Morgan fingerprint density at radius 2 is 1.87 bits per heavy atom. The van der Waals surface area contributed by atoms with Gasteiger partial charge in [-0.1, -0.05) is 0 Å². The molecule has 0 atom stereocenters. The average molecular weight is 402 g/mol. The molecule has 0 spiro atoms. The van der Waals surface area contributed by atoms with Crippen LogP contribution in [0.3, 0.4) is 0 Å². The summed E-state index contributed by atoms with van der Waals surface area (Å²) >= 11 is 0. The molecule has 0 saturated carbocycles.